The van der Waals surface area contributed by atoms with Crippen LogP contribution in [0, 0.1) is 5.82 Å². The molecule has 1 amide bonds. The van der Waals surface area contributed by atoms with Gasteiger partial charge in [-0.15, -0.1) is 10.2 Å². The Hall–Kier alpha value is -3.50. The van der Waals surface area contributed by atoms with Gasteiger partial charge < -0.3 is 15.9 Å². The maximum Gasteiger partial charge on any atom is 0.237 e. The number of ether oxygens (including phenoxy) is 1. The van der Waals surface area contributed by atoms with Crippen LogP contribution in [-0.2, 0) is 11.4 Å². The van der Waals surface area contributed by atoms with E-state index in [0.29, 0.717) is 11.0 Å². The summed E-state index contributed by atoms with van der Waals surface area (Å²) in [6.45, 7) is 1.70. The minimum absolute atomic E-state index is 0.0599. The number of benzene rings is 3. The molecule has 0 aliphatic carbocycles. The zero-order chi connectivity index (χ0) is 23.9. The van der Waals surface area contributed by atoms with Crippen LogP contribution in [0.15, 0.2) is 93.8 Å². The van der Waals surface area contributed by atoms with E-state index in [0.717, 1.165) is 15.5 Å². The molecule has 10 heteroatoms. The van der Waals surface area contributed by atoms with Crippen molar-refractivity contribution in [3.8, 4) is 5.75 Å². The molecule has 34 heavy (non-hydrogen) atoms. The van der Waals surface area contributed by atoms with Crippen molar-refractivity contribution >= 4 is 35.1 Å². The zero-order valence-corrected chi connectivity index (χ0v) is 19.9. The summed E-state index contributed by atoms with van der Waals surface area (Å²) < 4.78 is 20.4. The predicted molar refractivity (Wildman–Crippen MR) is 132 cm³/mol. The van der Waals surface area contributed by atoms with Crippen molar-refractivity contribution in [3.05, 3.63) is 90.5 Å². The summed E-state index contributed by atoms with van der Waals surface area (Å²) >= 11 is 2.74. The molecule has 0 bridgehead atoms. The van der Waals surface area contributed by atoms with Gasteiger partial charge in [0.25, 0.3) is 0 Å². The van der Waals surface area contributed by atoms with Crippen LogP contribution < -0.4 is 15.9 Å². The fourth-order valence-corrected chi connectivity index (χ4v) is 4.62. The van der Waals surface area contributed by atoms with Crippen LogP contribution in [0.2, 0.25) is 0 Å². The summed E-state index contributed by atoms with van der Waals surface area (Å²) in [7, 11) is 0. The second-order valence-corrected chi connectivity index (χ2v) is 9.57. The number of thioether (sulfide) groups is 1. The van der Waals surface area contributed by atoms with E-state index in [4.69, 9.17) is 10.6 Å². The highest BCUT2D eigenvalue weighted by Gasteiger charge is 2.21. The number of hydrogen-bond acceptors (Lipinski definition) is 7. The molecule has 1 atom stereocenters. The first kappa shape index (κ1) is 23.7. The third kappa shape index (κ3) is 5.89. The van der Waals surface area contributed by atoms with Gasteiger partial charge in [0.05, 0.1) is 10.9 Å². The van der Waals surface area contributed by atoms with Gasteiger partial charge in [0.1, 0.15) is 6.61 Å². The Labute approximate surface area is 204 Å². The van der Waals surface area contributed by atoms with Gasteiger partial charge in [-0.05, 0) is 43.3 Å². The van der Waals surface area contributed by atoms with Crippen LogP contribution in [0.25, 0.3) is 0 Å². The first-order chi connectivity index (χ1) is 16.5. The molecule has 3 aromatic carbocycles. The van der Waals surface area contributed by atoms with Gasteiger partial charge in [0.15, 0.2) is 17.4 Å². The number of nitrogens with zero attached hydrogens (tertiary/aromatic N) is 3. The van der Waals surface area contributed by atoms with Crippen molar-refractivity contribution in [1.82, 2.24) is 14.9 Å². The average Bonchev–Trinajstić information content (AvgIpc) is 3.19. The zero-order valence-electron chi connectivity index (χ0n) is 18.2. The van der Waals surface area contributed by atoms with Gasteiger partial charge in [0, 0.05) is 9.79 Å². The molecule has 4 aromatic rings. The Morgan fingerprint density at radius 1 is 1.06 bits per heavy atom. The van der Waals surface area contributed by atoms with Crippen molar-refractivity contribution in [2.75, 3.05) is 11.2 Å². The lowest BCUT2D eigenvalue weighted by molar-refractivity contribution is -0.115. The van der Waals surface area contributed by atoms with E-state index in [1.807, 2.05) is 54.6 Å². The molecule has 0 aliphatic rings. The van der Waals surface area contributed by atoms with E-state index < -0.39 is 11.1 Å². The molecular formula is C24H22FN5O2S2. The molecule has 0 radical (unpaired) electrons. The standard InChI is InChI=1S/C24H22FN5O2S2/c1-16(23(31)27-19-12-6-8-14-21(19)34-17-9-3-2-4-10-17)33-24-29-28-22(30(24)26)15-32-20-13-7-5-11-18(20)25/h2-14,16H,15,26H2,1H3,(H,27,31). The van der Waals surface area contributed by atoms with Crippen molar-refractivity contribution in [1.29, 1.82) is 0 Å². The summed E-state index contributed by atoms with van der Waals surface area (Å²) in [6, 6.07) is 23.6. The van der Waals surface area contributed by atoms with Crippen LogP contribution in [-0.4, -0.2) is 26.0 Å². The van der Waals surface area contributed by atoms with E-state index >= 15 is 0 Å². The molecule has 0 saturated heterocycles. The van der Waals surface area contributed by atoms with Gasteiger partial charge in [0.2, 0.25) is 11.1 Å². The van der Waals surface area contributed by atoms with Gasteiger partial charge in [-0.25, -0.2) is 9.07 Å². The molecule has 174 valence electrons. The molecule has 1 heterocycles. The number of nitrogen functional groups attached to an aromatic ring is 1. The highest BCUT2D eigenvalue weighted by Crippen LogP contribution is 2.33. The normalized spacial score (nSPS) is 11.7. The Bertz CT molecular complexity index is 1270. The van der Waals surface area contributed by atoms with Gasteiger partial charge in [-0.1, -0.05) is 66.0 Å². The van der Waals surface area contributed by atoms with E-state index in [9.17, 15) is 9.18 Å². The van der Waals surface area contributed by atoms with Gasteiger partial charge >= 0.3 is 0 Å². The Balaban J connectivity index is 1.38. The first-order valence-corrected chi connectivity index (χ1v) is 12.1. The maximum atomic E-state index is 13.7. The second-order valence-electron chi connectivity index (χ2n) is 7.15. The Kier molecular flexibility index (Phi) is 7.71. The van der Waals surface area contributed by atoms with E-state index in [1.165, 1.54) is 28.6 Å². The molecule has 0 fully saturated rings. The minimum Gasteiger partial charge on any atom is -0.482 e. The van der Waals surface area contributed by atoms with E-state index in [1.54, 1.807) is 30.8 Å². The lowest BCUT2D eigenvalue weighted by Gasteiger charge is -2.14. The van der Waals surface area contributed by atoms with Crippen molar-refractivity contribution in [3.63, 3.8) is 0 Å². The quantitative estimate of drug-likeness (QED) is 0.250. The van der Waals surface area contributed by atoms with Crippen LogP contribution in [0.4, 0.5) is 10.1 Å². The molecule has 7 nitrogen and oxygen atoms in total. The Morgan fingerprint density at radius 3 is 2.56 bits per heavy atom. The summed E-state index contributed by atoms with van der Waals surface area (Å²) in [5.41, 5.74) is 0.724. The average molecular weight is 496 g/mol. The number of para-hydroxylation sites is 2. The maximum absolute atomic E-state index is 13.7. The molecule has 0 saturated carbocycles. The van der Waals surface area contributed by atoms with Gasteiger partial charge in [-0.3, -0.25) is 4.79 Å². The summed E-state index contributed by atoms with van der Waals surface area (Å²) in [6.07, 6.45) is 0. The second kappa shape index (κ2) is 11.1. The number of nitrogens with one attached hydrogen (secondary N) is 1. The number of carbonyl (C=O) groups is 1. The van der Waals surface area contributed by atoms with Crippen molar-refractivity contribution in [2.24, 2.45) is 0 Å². The highest BCUT2D eigenvalue weighted by molar-refractivity contribution is 8.00. The molecule has 0 spiro atoms. The lowest BCUT2D eigenvalue weighted by Crippen LogP contribution is -2.24. The van der Waals surface area contributed by atoms with Crippen LogP contribution in [0.5, 0.6) is 5.75 Å². The monoisotopic (exact) mass is 495 g/mol. The van der Waals surface area contributed by atoms with E-state index in [-0.39, 0.29) is 18.3 Å². The number of aromatic nitrogens is 3. The fraction of sp³-hybridized carbons (Fsp3) is 0.125. The molecule has 1 unspecified atom stereocenters. The number of carbonyl (C=O) groups excluding carboxylic acids is 1. The van der Waals surface area contributed by atoms with Crippen LogP contribution in [0.3, 0.4) is 0 Å². The summed E-state index contributed by atoms with van der Waals surface area (Å²) in [4.78, 5) is 14.9. The van der Waals surface area contributed by atoms with Crippen LogP contribution >= 0.6 is 23.5 Å². The molecule has 1 aromatic heterocycles. The number of hydrogen-bond donors (Lipinski definition) is 2. The number of halogens is 1. The number of nitrogens with two attached hydrogens (primary N) is 1. The first-order valence-electron chi connectivity index (χ1n) is 10.4. The SMILES string of the molecule is CC(Sc1nnc(COc2ccccc2F)n1N)C(=O)Nc1ccccc1Sc1ccccc1. The molecule has 0 aliphatic heterocycles. The van der Waals surface area contributed by atoms with Crippen molar-refractivity contribution < 1.29 is 13.9 Å². The summed E-state index contributed by atoms with van der Waals surface area (Å²) in [5.74, 6) is 5.81. The third-order valence-electron chi connectivity index (χ3n) is 4.70. The van der Waals surface area contributed by atoms with Crippen LogP contribution in [0.1, 0.15) is 12.7 Å². The molecule has 3 N–H and O–H groups in total. The number of rotatable bonds is 9. The summed E-state index contributed by atoms with van der Waals surface area (Å²) in [5, 5.41) is 10.9. The number of amides is 1. The molecular weight excluding hydrogens is 473 g/mol. The van der Waals surface area contributed by atoms with Crippen molar-refractivity contribution in [2.45, 2.75) is 33.7 Å². The number of anilines is 1. The minimum atomic E-state index is -0.499. The van der Waals surface area contributed by atoms with E-state index in [2.05, 4.69) is 15.5 Å². The molecule has 4 rings (SSSR count). The Morgan fingerprint density at radius 2 is 1.76 bits per heavy atom. The smallest absolute Gasteiger partial charge is 0.237 e. The lowest BCUT2D eigenvalue weighted by atomic mass is 10.3. The largest absolute Gasteiger partial charge is 0.482 e. The van der Waals surface area contributed by atoms with Gasteiger partial charge in [-0.2, -0.15) is 0 Å². The highest BCUT2D eigenvalue weighted by atomic mass is 32.2. The third-order valence-corrected chi connectivity index (χ3v) is 6.84. The fourth-order valence-electron chi connectivity index (χ4n) is 2.91. The predicted octanol–water partition coefficient (Wildman–Crippen LogP) is 4.98. The topological polar surface area (TPSA) is 95.1 Å².